The van der Waals surface area contributed by atoms with Gasteiger partial charge in [0.1, 0.15) is 0 Å². The molecule has 3 aromatic carbocycles. The lowest BCUT2D eigenvalue weighted by Crippen LogP contribution is -2.17. The van der Waals surface area contributed by atoms with E-state index in [1.165, 1.54) is 0 Å². The second-order valence-electron chi connectivity index (χ2n) is 5.50. The van der Waals surface area contributed by atoms with Crippen LogP contribution < -0.4 is 14.9 Å². The van der Waals surface area contributed by atoms with E-state index in [4.69, 9.17) is 9.47 Å². The summed E-state index contributed by atoms with van der Waals surface area (Å²) in [5.41, 5.74) is 3.85. The molecule has 0 atom stereocenters. The third-order valence-electron chi connectivity index (χ3n) is 3.85. The van der Waals surface area contributed by atoms with Crippen LogP contribution in [0.3, 0.4) is 0 Å². The van der Waals surface area contributed by atoms with Crippen LogP contribution in [0.5, 0.6) is 11.5 Å². The molecule has 0 saturated heterocycles. The predicted molar refractivity (Wildman–Crippen MR) is 106 cm³/mol. The van der Waals surface area contributed by atoms with Gasteiger partial charge in [0.25, 0.3) is 5.91 Å². The molecule has 0 fully saturated rings. The number of halogens is 1. The normalized spacial score (nSPS) is 10.9. The third kappa shape index (κ3) is 3.86. The van der Waals surface area contributed by atoms with E-state index in [9.17, 15) is 4.79 Å². The molecule has 0 aromatic heterocycles. The van der Waals surface area contributed by atoms with Gasteiger partial charge < -0.3 is 9.47 Å². The van der Waals surface area contributed by atoms with Crippen molar-refractivity contribution in [1.82, 2.24) is 5.43 Å². The van der Waals surface area contributed by atoms with E-state index in [1.807, 2.05) is 42.5 Å². The highest BCUT2D eigenvalue weighted by Crippen LogP contribution is 2.35. The number of fused-ring (bicyclic) bond motifs is 1. The molecule has 0 aliphatic rings. The maximum atomic E-state index is 12.3. The number of nitrogens with zero attached hydrogens (tertiary/aromatic N) is 1. The third-order valence-corrected chi connectivity index (χ3v) is 4.44. The Labute approximate surface area is 159 Å². The van der Waals surface area contributed by atoms with Crippen molar-refractivity contribution < 1.29 is 14.3 Å². The van der Waals surface area contributed by atoms with E-state index < -0.39 is 0 Å². The number of hydrazone groups is 1. The maximum absolute atomic E-state index is 12.3. The van der Waals surface area contributed by atoms with Gasteiger partial charge in [-0.3, -0.25) is 4.79 Å². The molecule has 6 heteroatoms. The molecule has 0 bridgehead atoms. The minimum atomic E-state index is -0.272. The van der Waals surface area contributed by atoms with Crippen LogP contribution in [-0.2, 0) is 0 Å². The number of carbonyl (C=O) groups excluding carboxylic acids is 1. The van der Waals surface area contributed by atoms with Crippen LogP contribution in [0.4, 0.5) is 0 Å². The van der Waals surface area contributed by atoms with Gasteiger partial charge in [-0.25, -0.2) is 5.43 Å². The fourth-order valence-corrected chi connectivity index (χ4v) is 3.19. The van der Waals surface area contributed by atoms with E-state index in [2.05, 4.69) is 26.5 Å². The Hall–Kier alpha value is -2.86. The molecule has 1 N–H and O–H groups in total. The monoisotopic (exact) mass is 412 g/mol. The van der Waals surface area contributed by atoms with E-state index >= 15 is 0 Å². The highest BCUT2D eigenvalue weighted by Gasteiger charge is 2.10. The number of carbonyl (C=O) groups is 1. The van der Waals surface area contributed by atoms with Gasteiger partial charge in [-0.15, -0.1) is 0 Å². The molecule has 0 spiro atoms. The molecule has 26 heavy (non-hydrogen) atoms. The van der Waals surface area contributed by atoms with E-state index in [-0.39, 0.29) is 5.91 Å². The number of benzene rings is 3. The summed E-state index contributed by atoms with van der Waals surface area (Å²) in [4.78, 5) is 12.3. The van der Waals surface area contributed by atoms with Crippen LogP contribution in [0, 0.1) is 0 Å². The van der Waals surface area contributed by atoms with Gasteiger partial charge in [0, 0.05) is 5.56 Å². The van der Waals surface area contributed by atoms with Crippen molar-refractivity contribution in [3.05, 3.63) is 70.2 Å². The highest BCUT2D eigenvalue weighted by atomic mass is 79.9. The molecular weight excluding hydrogens is 396 g/mol. The smallest absolute Gasteiger partial charge is 0.271 e. The standard InChI is InChI=1S/C20H17BrN2O3/c1-25-18-10-13(9-17(21)19(18)26-2)12-22-23-20(24)16-8-7-14-5-3-4-6-15(14)11-16/h3-12H,1-2H3,(H,23,24). The van der Waals surface area contributed by atoms with Crippen molar-refractivity contribution >= 4 is 38.8 Å². The first-order valence-corrected chi connectivity index (χ1v) is 8.65. The number of nitrogens with one attached hydrogen (secondary N) is 1. The molecule has 0 aliphatic carbocycles. The van der Waals surface area contributed by atoms with E-state index in [0.717, 1.165) is 20.8 Å². The maximum Gasteiger partial charge on any atom is 0.271 e. The van der Waals surface area contributed by atoms with Gasteiger partial charge in [-0.1, -0.05) is 30.3 Å². The van der Waals surface area contributed by atoms with Gasteiger partial charge in [-0.05, 0) is 56.5 Å². The van der Waals surface area contributed by atoms with Gasteiger partial charge >= 0.3 is 0 Å². The van der Waals surface area contributed by atoms with Crippen LogP contribution >= 0.6 is 15.9 Å². The largest absolute Gasteiger partial charge is 0.493 e. The van der Waals surface area contributed by atoms with Gasteiger partial charge in [-0.2, -0.15) is 5.10 Å². The topological polar surface area (TPSA) is 59.9 Å². The minimum absolute atomic E-state index is 0.272. The van der Waals surface area contributed by atoms with Crippen LogP contribution in [0.25, 0.3) is 10.8 Å². The number of amides is 1. The molecule has 1 amide bonds. The number of ether oxygens (including phenoxy) is 2. The summed E-state index contributed by atoms with van der Waals surface area (Å²) in [7, 11) is 3.13. The fraction of sp³-hybridized carbons (Fsp3) is 0.100. The summed E-state index contributed by atoms with van der Waals surface area (Å²) in [5, 5.41) is 6.12. The Morgan fingerprint density at radius 2 is 1.81 bits per heavy atom. The number of hydrogen-bond donors (Lipinski definition) is 1. The van der Waals surface area contributed by atoms with Crippen molar-refractivity contribution in [2.24, 2.45) is 5.10 Å². The first-order valence-electron chi connectivity index (χ1n) is 7.86. The summed E-state index contributed by atoms with van der Waals surface area (Å²) in [6, 6.07) is 17.0. The molecule has 0 saturated carbocycles. The zero-order valence-corrected chi connectivity index (χ0v) is 15.9. The summed E-state index contributed by atoms with van der Waals surface area (Å²) in [6.07, 6.45) is 1.55. The van der Waals surface area contributed by atoms with Crippen LogP contribution in [0.2, 0.25) is 0 Å². The minimum Gasteiger partial charge on any atom is -0.493 e. The van der Waals surface area contributed by atoms with E-state index in [0.29, 0.717) is 17.1 Å². The average molecular weight is 413 g/mol. The second-order valence-corrected chi connectivity index (χ2v) is 6.35. The second kappa shape index (κ2) is 8.01. The lowest BCUT2D eigenvalue weighted by atomic mass is 10.1. The van der Waals surface area contributed by atoms with Crippen LogP contribution in [-0.4, -0.2) is 26.3 Å². The summed E-state index contributed by atoms with van der Waals surface area (Å²) >= 11 is 3.43. The zero-order valence-electron chi connectivity index (χ0n) is 14.3. The average Bonchev–Trinajstić information content (AvgIpc) is 2.67. The lowest BCUT2D eigenvalue weighted by Gasteiger charge is -2.10. The Kier molecular flexibility index (Phi) is 5.53. The Morgan fingerprint density at radius 1 is 1.04 bits per heavy atom. The SMILES string of the molecule is COc1cc(C=NNC(=O)c2ccc3ccccc3c2)cc(Br)c1OC. The lowest BCUT2D eigenvalue weighted by molar-refractivity contribution is 0.0955. The van der Waals surface area contributed by atoms with Gasteiger partial charge in [0.2, 0.25) is 0 Å². The van der Waals surface area contributed by atoms with E-state index in [1.54, 1.807) is 32.6 Å². The summed E-state index contributed by atoms with van der Waals surface area (Å²) in [6.45, 7) is 0. The van der Waals surface area contributed by atoms with Crippen molar-refractivity contribution in [2.45, 2.75) is 0 Å². The number of rotatable bonds is 5. The summed E-state index contributed by atoms with van der Waals surface area (Å²) < 4.78 is 11.3. The van der Waals surface area contributed by atoms with Crippen LogP contribution in [0.1, 0.15) is 15.9 Å². The van der Waals surface area contributed by atoms with Gasteiger partial charge in [0.05, 0.1) is 24.9 Å². The molecule has 0 heterocycles. The Morgan fingerprint density at radius 3 is 2.54 bits per heavy atom. The molecule has 3 rings (SSSR count). The molecule has 3 aromatic rings. The Bertz CT molecular complexity index is 986. The molecule has 132 valence electrons. The van der Waals surface area contributed by atoms with Crippen LogP contribution in [0.15, 0.2) is 64.2 Å². The highest BCUT2D eigenvalue weighted by molar-refractivity contribution is 9.10. The first-order chi connectivity index (χ1) is 12.6. The predicted octanol–water partition coefficient (Wildman–Crippen LogP) is 4.38. The first kappa shape index (κ1) is 17.9. The van der Waals surface area contributed by atoms with Gasteiger partial charge in [0.15, 0.2) is 11.5 Å². The zero-order chi connectivity index (χ0) is 18.5. The van der Waals surface area contributed by atoms with Crippen molar-refractivity contribution in [2.75, 3.05) is 14.2 Å². The van der Waals surface area contributed by atoms with Crippen molar-refractivity contribution in [1.29, 1.82) is 0 Å². The summed E-state index contributed by atoms with van der Waals surface area (Å²) in [5.74, 6) is 0.903. The molecule has 5 nitrogen and oxygen atoms in total. The molecule has 0 aliphatic heterocycles. The quantitative estimate of drug-likeness (QED) is 0.499. The Balaban J connectivity index is 1.75. The number of methoxy groups -OCH3 is 2. The van der Waals surface area contributed by atoms with Crippen molar-refractivity contribution in [3.8, 4) is 11.5 Å². The molecule has 0 radical (unpaired) electrons. The molecular formula is C20H17BrN2O3. The van der Waals surface area contributed by atoms with Crippen molar-refractivity contribution in [3.63, 3.8) is 0 Å². The fourth-order valence-electron chi connectivity index (χ4n) is 2.57. The molecule has 0 unspecified atom stereocenters. The number of hydrogen-bond acceptors (Lipinski definition) is 4.